The van der Waals surface area contributed by atoms with Crippen LogP contribution in [0, 0.1) is 24.0 Å². The Bertz CT molecular complexity index is 664. The minimum absolute atomic E-state index is 0.0371. The lowest BCUT2D eigenvalue weighted by Gasteiger charge is -2.10. The molecule has 0 bridgehead atoms. The number of hydrogen-bond acceptors (Lipinski definition) is 5. The monoisotopic (exact) mass is 276 g/mol. The van der Waals surface area contributed by atoms with Crippen molar-refractivity contribution >= 4 is 5.69 Å². The average Bonchev–Trinajstić information content (AvgIpc) is 2.65. The highest BCUT2D eigenvalue weighted by Crippen LogP contribution is 2.30. The summed E-state index contributed by atoms with van der Waals surface area (Å²) in [5.74, 6) is 1.11. The highest BCUT2D eigenvalue weighted by atomic mass is 16.6. The Hall–Kier alpha value is -2.41. The number of hydrogen-bond donors (Lipinski definition) is 1. The molecule has 2 aromatic rings. The van der Waals surface area contributed by atoms with Crippen molar-refractivity contribution in [3.05, 3.63) is 45.1 Å². The second-order valence-corrected chi connectivity index (χ2v) is 4.51. The molecule has 0 saturated heterocycles. The predicted molar refractivity (Wildman–Crippen MR) is 73.7 cm³/mol. The van der Waals surface area contributed by atoms with Gasteiger partial charge in [0.2, 0.25) is 5.88 Å². The summed E-state index contributed by atoms with van der Waals surface area (Å²) < 4.78 is 7.42. The van der Waals surface area contributed by atoms with Crippen LogP contribution in [0.1, 0.15) is 16.8 Å². The molecular weight excluding hydrogens is 260 g/mol. The van der Waals surface area contributed by atoms with Crippen molar-refractivity contribution in [2.75, 3.05) is 0 Å². The Kier molecular flexibility index (Phi) is 3.71. The molecule has 20 heavy (non-hydrogen) atoms. The van der Waals surface area contributed by atoms with Gasteiger partial charge in [-0.1, -0.05) is 0 Å². The number of nitrogens with two attached hydrogens (primary N) is 1. The third-order valence-electron chi connectivity index (χ3n) is 3.07. The Balaban J connectivity index is 2.38. The fraction of sp³-hybridized carbons (Fsp3) is 0.308. The third-order valence-corrected chi connectivity index (χ3v) is 3.07. The van der Waals surface area contributed by atoms with Gasteiger partial charge in [0, 0.05) is 25.7 Å². The number of rotatable bonds is 4. The third kappa shape index (κ3) is 2.48. The molecule has 106 valence electrons. The molecule has 1 aromatic heterocycles. The largest absolute Gasteiger partial charge is 0.439 e. The molecule has 0 aliphatic heterocycles. The van der Waals surface area contributed by atoms with E-state index in [0.29, 0.717) is 23.7 Å². The number of non-ortho nitro benzene ring substituents is 1. The number of nitrogens with zero attached hydrogens (tertiary/aromatic N) is 3. The van der Waals surface area contributed by atoms with Crippen LogP contribution in [0.2, 0.25) is 0 Å². The molecule has 0 radical (unpaired) electrons. The fourth-order valence-corrected chi connectivity index (χ4v) is 2.01. The van der Waals surface area contributed by atoms with Crippen LogP contribution in [0.5, 0.6) is 11.6 Å². The molecular formula is C13H16N4O3. The Morgan fingerprint density at radius 2 is 2.15 bits per heavy atom. The van der Waals surface area contributed by atoms with Crippen LogP contribution in [-0.4, -0.2) is 14.7 Å². The molecule has 0 aliphatic rings. The Labute approximate surface area is 116 Å². The smallest absolute Gasteiger partial charge is 0.269 e. The van der Waals surface area contributed by atoms with Gasteiger partial charge in [-0.05, 0) is 25.5 Å². The van der Waals surface area contributed by atoms with Crippen molar-refractivity contribution in [1.29, 1.82) is 0 Å². The molecule has 7 heteroatoms. The van der Waals surface area contributed by atoms with Gasteiger partial charge in [0.15, 0.2) is 0 Å². The molecule has 0 saturated carbocycles. The number of ether oxygens (including phenoxy) is 1. The number of nitro groups is 1. The van der Waals surface area contributed by atoms with Gasteiger partial charge < -0.3 is 10.5 Å². The van der Waals surface area contributed by atoms with Gasteiger partial charge in [-0.3, -0.25) is 10.1 Å². The van der Waals surface area contributed by atoms with Crippen LogP contribution in [0.3, 0.4) is 0 Å². The van der Waals surface area contributed by atoms with Crippen LogP contribution in [-0.2, 0) is 13.6 Å². The number of aromatic nitrogens is 2. The first-order valence-corrected chi connectivity index (χ1v) is 6.09. The first kappa shape index (κ1) is 14.0. The standard InChI is InChI=1S/C13H16N4O3/c1-8-6-10(17(18)19)4-5-12(8)20-13-11(7-14)9(2)15-16(13)3/h4-6H,7,14H2,1-3H3. The summed E-state index contributed by atoms with van der Waals surface area (Å²) in [5.41, 5.74) is 8.05. The van der Waals surface area contributed by atoms with E-state index >= 15 is 0 Å². The van der Waals surface area contributed by atoms with E-state index in [4.69, 9.17) is 10.5 Å². The molecule has 0 atom stereocenters. The van der Waals surface area contributed by atoms with E-state index in [1.807, 2.05) is 6.92 Å². The zero-order valence-corrected chi connectivity index (χ0v) is 11.6. The predicted octanol–water partition coefficient (Wildman–Crippen LogP) is 2.20. The lowest BCUT2D eigenvalue weighted by molar-refractivity contribution is -0.384. The maximum atomic E-state index is 10.7. The fourth-order valence-electron chi connectivity index (χ4n) is 2.01. The van der Waals surface area contributed by atoms with E-state index in [0.717, 1.165) is 11.3 Å². The summed E-state index contributed by atoms with van der Waals surface area (Å²) in [6.07, 6.45) is 0. The second kappa shape index (κ2) is 5.30. The van der Waals surface area contributed by atoms with E-state index in [-0.39, 0.29) is 5.69 Å². The SMILES string of the molecule is Cc1cc([N+](=O)[O-])ccc1Oc1c(CN)c(C)nn1C. The maximum Gasteiger partial charge on any atom is 0.269 e. The first-order valence-electron chi connectivity index (χ1n) is 6.09. The van der Waals surface area contributed by atoms with E-state index in [1.54, 1.807) is 24.7 Å². The summed E-state index contributed by atoms with van der Waals surface area (Å²) in [5, 5.41) is 15.0. The minimum Gasteiger partial charge on any atom is -0.439 e. The van der Waals surface area contributed by atoms with Crippen LogP contribution in [0.15, 0.2) is 18.2 Å². The second-order valence-electron chi connectivity index (χ2n) is 4.51. The van der Waals surface area contributed by atoms with Crippen molar-refractivity contribution in [2.45, 2.75) is 20.4 Å². The summed E-state index contributed by atoms with van der Waals surface area (Å²) in [4.78, 5) is 10.3. The van der Waals surface area contributed by atoms with E-state index < -0.39 is 4.92 Å². The van der Waals surface area contributed by atoms with Gasteiger partial charge in [0.05, 0.1) is 16.2 Å². The molecule has 0 aliphatic carbocycles. The lowest BCUT2D eigenvalue weighted by atomic mass is 10.2. The van der Waals surface area contributed by atoms with Crippen molar-refractivity contribution in [2.24, 2.45) is 12.8 Å². The normalized spacial score (nSPS) is 10.6. The summed E-state index contributed by atoms with van der Waals surface area (Å²) in [6, 6.07) is 4.46. The number of benzene rings is 1. The topological polar surface area (TPSA) is 96.2 Å². The van der Waals surface area contributed by atoms with Gasteiger partial charge in [0.25, 0.3) is 5.69 Å². The van der Waals surface area contributed by atoms with Crippen molar-refractivity contribution in [1.82, 2.24) is 9.78 Å². The Morgan fingerprint density at radius 1 is 1.45 bits per heavy atom. The molecule has 0 fully saturated rings. The molecule has 2 rings (SSSR count). The molecule has 0 amide bonds. The molecule has 1 heterocycles. The maximum absolute atomic E-state index is 10.7. The molecule has 0 unspecified atom stereocenters. The van der Waals surface area contributed by atoms with Crippen molar-refractivity contribution in [3.8, 4) is 11.6 Å². The summed E-state index contributed by atoms with van der Waals surface area (Å²) in [6.45, 7) is 3.94. The lowest BCUT2D eigenvalue weighted by Crippen LogP contribution is -2.02. The zero-order valence-electron chi connectivity index (χ0n) is 11.6. The van der Waals surface area contributed by atoms with Gasteiger partial charge in [0.1, 0.15) is 5.75 Å². The molecule has 1 aromatic carbocycles. The van der Waals surface area contributed by atoms with E-state index in [9.17, 15) is 10.1 Å². The highest BCUT2D eigenvalue weighted by Gasteiger charge is 2.16. The van der Waals surface area contributed by atoms with E-state index in [2.05, 4.69) is 5.10 Å². The molecule has 7 nitrogen and oxygen atoms in total. The van der Waals surface area contributed by atoms with Gasteiger partial charge in [-0.15, -0.1) is 0 Å². The van der Waals surface area contributed by atoms with Crippen LogP contribution >= 0.6 is 0 Å². The number of nitro benzene ring substituents is 1. The van der Waals surface area contributed by atoms with Gasteiger partial charge >= 0.3 is 0 Å². The first-order chi connectivity index (χ1) is 9.43. The van der Waals surface area contributed by atoms with Crippen LogP contribution in [0.4, 0.5) is 5.69 Å². The number of aryl methyl sites for hydroxylation is 3. The van der Waals surface area contributed by atoms with Gasteiger partial charge in [-0.25, -0.2) is 4.68 Å². The summed E-state index contributed by atoms with van der Waals surface area (Å²) >= 11 is 0. The zero-order chi connectivity index (χ0) is 14.9. The van der Waals surface area contributed by atoms with Crippen LogP contribution < -0.4 is 10.5 Å². The van der Waals surface area contributed by atoms with Crippen LogP contribution in [0.25, 0.3) is 0 Å². The molecule has 2 N–H and O–H groups in total. The Morgan fingerprint density at radius 3 is 2.70 bits per heavy atom. The van der Waals surface area contributed by atoms with E-state index in [1.165, 1.54) is 12.1 Å². The average molecular weight is 276 g/mol. The van der Waals surface area contributed by atoms with Gasteiger partial charge in [-0.2, -0.15) is 5.10 Å². The minimum atomic E-state index is -0.434. The molecule has 0 spiro atoms. The van der Waals surface area contributed by atoms with Crippen molar-refractivity contribution in [3.63, 3.8) is 0 Å². The summed E-state index contributed by atoms with van der Waals surface area (Å²) in [7, 11) is 1.77. The van der Waals surface area contributed by atoms with Crippen molar-refractivity contribution < 1.29 is 9.66 Å². The highest BCUT2D eigenvalue weighted by molar-refractivity contribution is 5.45. The quantitative estimate of drug-likeness (QED) is 0.682.